The minimum atomic E-state index is -0.331. The van der Waals surface area contributed by atoms with E-state index in [9.17, 15) is 9.81 Å². The number of rotatable bonds is 2. The highest BCUT2D eigenvalue weighted by molar-refractivity contribution is 4.87. The normalized spacial score (nSPS) is 34.2. The Morgan fingerprint density at radius 2 is 1.44 bits per heavy atom. The smallest absolute Gasteiger partial charge is 0.118 e. The van der Waals surface area contributed by atoms with Crippen LogP contribution < -0.4 is 0 Å². The van der Waals surface area contributed by atoms with E-state index in [-0.39, 0.29) is 12.1 Å². The summed E-state index contributed by atoms with van der Waals surface area (Å²) in [5.74, 6) is 0. The van der Waals surface area contributed by atoms with Crippen LogP contribution in [0, 0.1) is 9.81 Å². The molecule has 4 heteroatoms. The van der Waals surface area contributed by atoms with Crippen LogP contribution in [-0.2, 0) is 0 Å². The van der Waals surface area contributed by atoms with Crippen molar-refractivity contribution >= 4 is 0 Å². The lowest BCUT2D eigenvalue weighted by Gasteiger charge is -1.99. The molecule has 0 amide bonds. The molecule has 0 unspecified atom stereocenters. The van der Waals surface area contributed by atoms with E-state index in [0.717, 1.165) is 19.3 Å². The summed E-state index contributed by atoms with van der Waals surface area (Å²) in [6, 6.07) is -0.662. The average Bonchev–Trinajstić information content (AvgIpc) is 2.33. The van der Waals surface area contributed by atoms with Gasteiger partial charge in [-0.2, -0.15) is 9.81 Å². The van der Waals surface area contributed by atoms with Crippen molar-refractivity contribution in [2.75, 3.05) is 0 Å². The fourth-order valence-electron chi connectivity index (χ4n) is 1.17. The van der Waals surface area contributed by atoms with Gasteiger partial charge < -0.3 is 0 Å². The van der Waals surface area contributed by atoms with E-state index in [1.807, 2.05) is 0 Å². The van der Waals surface area contributed by atoms with Gasteiger partial charge in [0.15, 0.2) is 0 Å². The monoisotopic (exact) mass is 128 g/mol. The summed E-state index contributed by atoms with van der Waals surface area (Å²) < 4.78 is 0. The summed E-state index contributed by atoms with van der Waals surface area (Å²) in [5.41, 5.74) is 0. The molecule has 1 fully saturated rings. The lowest BCUT2D eigenvalue weighted by Crippen LogP contribution is -2.13. The molecule has 0 aromatic heterocycles. The summed E-state index contributed by atoms with van der Waals surface area (Å²) in [7, 11) is 0. The van der Waals surface area contributed by atoms with E-state index >= 15 is 0 Å². The second-order valence-electron chi connectivity index (χ2n) is 2.28. The molecule has 0 bridgehead atoms. The molecule has 0 aromatic carbocycles. The molecule has 1 saturated carbocycles. The van der Waals surface area contributed by atoms with Gasteiger partial charge in [0.2, 0.25) is 0 Å². The topological polar surface area (TPSA) is 58.9 Å². The number of hydrogen-bond donors (Lipinski definition) is 0. The fourth-order valence-corrected chi connectivity index (χ4v) is 1.17. The first-order chi connectivity index (χ1) is 4.38. The predicted octanol–water partition coefficient (Wildman–Crippen LogP) is 1.44. The molecule has 4 nitrogen and oxygen atoms in total. The van der Waals surface area contributed by atoms with Crippen molar-refractivity contribution in [2.45, 2.75) is 31.3 Å². The Balaban J connectivity index is 2.50. The molecule has 0 radical (unpaired) electrons. The largest absolute Gasteiger partial charge is 0.150 e. The summed E-state index contributed by atoms with van der Waals surface area (Å²) in [5, 5.41) is 5.59. The van der Waals surface area contributed by atoms with Crippen LogP contribution in [0.1, 0.15) is 19.3 Å². The van der Waals surface area contributed by atoms with Crippen LogP contribution in [-0.4, -0.2) is 12.1 Å². The van der Waals surface area contributed by atoms with Crippen molar-refractivity contribution in [2.24, 2.45) is 10.4 Å². The summed E-state index contributed by atoms with van der Waals surface area (Å²) >= 11 is 0. The lowest BCUT2D eigenvalue weighted by molar-refractivity contribution is 0.600. The van der Waals surface area contributed by atoms with Crippen LogP contribution >= 0.6 is 0 Å². The molecule has 1 aliphatic rings. The Morgan fingerprint density at radius 1 is 1.00 bits per heavy atom. The summed E-state index contributed by atoms with van der Waals surface area (Å²) in [4.78, 5) is 19.9. The maximum absolute atomic E-state index is 9.93. The number of nitroso groups, excluding NO2 is 2. The average molecular weight is 128 g/mol. The van der Waals surface area contributed by atoms with Gasteiger partial charge in [0.1, 0.15) is 12.1 Å². The molecule has 0 N–H and O–H groups in total. The van der Waals surface area contributed by atoms with Gasteiger partial charge in [0.05, 0.1) is 0 Å². The van der Waals surface area contributed by atoms with E-state index in [1.54, 1.807) is 0 Å². The standard InChI is InChI=1S/C5H8N2O2/c8-6-4-2-1-3-5(4)7-9/h4-5H,1-3H2/t4-,5+. The SMILES string of the molecule is O=N[C@H]1CCC[C@H]1N=O. The Bertz CT molecular complexity index is 112. The first kappa shape index (κ1) is 6.32. The first-order valence-electron chi connectivity index (χ1n) is 3.03. The number of hydrogen-bond acceptors (Lipinski definition) is 4. The van der Waals surface area contributed by atoms with Crippen molar-refractivity contribution in [3.05, 3.63) is 9.81 Å². The molecule has 0 spiro atoms. The summed E-state index contributed by atoms with van der Waals surface area (Å²) in [6.07, 6.45) is 2.38. The number of nitrogens with zero attached hydrogens (tertiary/aromatic N) is 2. The van der Waals surface area contributed by atoms with Gasteiger partial charge in [0.25, 0.3) is 0 Å². The van der Waals surface area contributed by atoms with E-state index in [2.05, 4.69) is 10.4 Å². The van der Waals surface area contributed by atoms with Gasteiger partial charge in [0, 0.05) is 0 Å². The van der Waals surface area contributed by atoms with Gasteiger partial charge in [-0.25, -0.2) is 0 Å². The second-order valence-corrected chi connectivity index (χ2v) is 2.28. The molecule has 9 heavy (non-hydrogen) atoms. The molecule has 1 rings (SSSR count). The molecule has 0 aromatic rings. The Labute approximate surface area is 52.6 Å². The molecule has 2 atom stereocenters. The third-order valence-corrected chi connectivity index (χ3v) is 1.71. The quantitative estimate of drug-likeness (QED) is 0.528. The maximum atomic E-state index is 9.93. The highest BCUT2D eigenvalue weighted by Gasteiger charge is 2.28. The van der Waals surface area contributed by atoms with Crippen LogP contribution in [0.3, 0.4) is 0 Å². The van der Waals surface area contributed by atoms with Gasteiger partial charge in [-0.1, -0.05) is 10.4 Å². The Kier molecular flexibility index (Phi) is 1.87. The van der Waals surface area contributed by atoms with Crippen molar-refractivity contribution in [3.8, 4) is 0 Å². The van der Waals surface area contributed by atoms with Crippen LogP contribution in [0.15, 0.2) is 10.4 Å². The van der Waals surface area contributed by atoms with E-state index in [4.69, 9.17) is 0 Å². The van der Waals surface area contributed by atoms with Crippen LogP contribution in [0.2, 0.25) is 0 Å². The lowest BCUT2D eigenvalue weighted by atomic mass is 10.2. The van der Waals surface area contributed by atoms with E-state index < -0.39 is 0 Å². The highest BCUT2D eigenvalue weighted by Crippen LogP contribution is 2.23. The maximum Gasteiger partial charge on any atom is 0.118 e. The van der Waals surface area contributed by atoms with E-state index in [0.29, 0.717) is 0 Å². The van der Waals surface area contributed by atoms with Crippen molar-refractivity contribution < 1.29 is 0 Å². The Morgan fingerprint density at radius 3 is 1.78 bits per heavy atom. The first-order valence-corrected chi connectivity index (χ1v) is 3.03. The predicted molar refractivity (Wildman–Crippen MR) is 33.0 cm³/mol. The zero-order valence-electron chi connectivity index (χ0n) is 4.99. The van der Waals surface area contributed by atoms with Gasteiger partial charge >= 0.3 is 0 Å². The highest BCUT2D eigenvalue weighted by atomic mass is 16.3. The zero-order valence-corrected chi connectivity index (χ0v) is 4.99. The molecule has 0 aliphatic heterocycles. The molecule has 0 heterocycles. The van der Waals surface area contributed by atoms with E-state index in [1.165, 1.54) is 0 Å². The van der Waals surface area contributed by atoms with Crippen molar-refractivity contribution in [1.82, 2.24) is 0 Å². The Hall–Kier alpha value is -0.800. The summed E-state index contributed by atoms with van der Waals surface area (Å²) in [6.45, 7) is 0. The van der Waals surface area contributed by atoms with Gasteiger partial charge in [-0.05, 0) is 19.3 Å². The third-order valence-electron chi connectivity index (χ3n) is 1.71. The van der Waals surface area contributed by atoms with Crippen LogP contribution in [0.4, 0.5) is 0 Å². The van der Waals surface area contributed by atoms with Crippen LogP contribution in [0.25, 0.3) is 0 Å². The molecule has 50 valence electrons. The zero-order chi connectivity index (χ0) is 6.69. The molecular formula is C5H8N2O2. The van der Waals surface area contributed by atoms with Gasteiger partial charge in [-0.3, -0.25) is 0 Å². The minimum Gasteiger partial charge on any atom is -0.150 e. The van der Waals surface area contributed by atoms with Crippen molar-refractivity contribution in [3.63, 3.8) is 0 Å². The van der Waals surface area contributed by atoms with Crippen molar-refractivity contribution in [1.29, 1.82) is 0 Å². The third kappa shape index (κ3) is 1.12. The molecular weight excluding hydrogens is 120 g/mol. The van der Waals surface area contributed by atoms with Crippen LogP contribution in [0.5, 0.6) is 0 Å². The van der Waals surface area contributed by atoms with Gasteiger partial charge in [-0.15, -0.1) is 0 Å². The molecule has 1 aliphatic carbocycles. The molecule has 0 saturated heterocycles. The second kappa shape index (κ2) is 2.66. The fraction of sp³-hybridized carbons (Fsp3) is 1.00. The minimum absolute atomic E-state index is 0.331.